The number of furan rings is 1. The molecule has 20 heavy (non-hydrogen) atoms. The van der Waals surface area contributed by atoms with Crippen molar-refractivity contribution in [3.8, 4) is 0 Å². The summed E-state index contributed by atoms with van der Waals surface area (Å²) in [6.45, 7) is 6.84. The molecule has 3 nitrogen and oxygen atoms in total. The molecule has 0 bridgehead atoms. The second-order valence-corrected chi connectivity index (χ2v) is 6.84. The minimum Gasteiger partial charge on any atom is -0.464 e. The molecular formula is C17H28N2O. The highest BCUT2D eigenvalue weighted by Gasteiger charge is 2.36. The number of hydrogen-bond donors (Lipinski definition) is 1. The molecule has 2 unspecified atom stereocenters. The summed E-state index contributed by atoms with van der Waals surface area (Å²) in [5, 5.41) is 3.54. The van der Waals surface area contributed by atoms with Crippen LogP contribution >= 0.6 is 0 Å². The van der Waals surface area contributed by atoms with Crippen LogP contribution in [-0.4, -0.2) is 31.6 Å². The Bertz CT molecular complexity index is 420. The maximum absolute atomic E-state index is 5.91. The smallest absolute Gasteiger partial charge is 0.117 e. The fourth-order valence-electron chi connectivity index (χ4n) is 3.28. The van der Waals surface area contributed by atoms with Gasteiger partial charge in [-0.05, 0) is 76.3 Å². The molecule has 2 aliphatic rings. The Hall–Kier alpha value is -0.800. The molecule has 2 fully saturated rings. The third-order valence-electron chi connectivity index (χ3n) is 5.02. The van der Waals surface area contributed by atoms with Gasteiger partial charge in [0.1, 0.15) is 11.5 Å². The molecular weight excluding hydrogens is 248 g/mol. The predicted octanol–water partition coefficient (Wildman–Crippen LogP) is 3.22. The molecule has 1 aromatic rings. The monoisotopic (exact) mass is 276 g/mol. The number of nitrogens with zero attached hydrogens (tertiary/aromatic N) is 1. The molecule has 1 saturated carbocycles. The van der Waals surface area contributed by atoms with E-state index in [1.165, 1.54) is 44.5 Å². The van der Waals surface area contributed by atoms with E-state index in [0.29, 0.717) is 5.92 Å². The van der Waals surface area contributed by atoms with Gasteiger partial charge in [-0.1, -0.05) is 6.92 Å². The van der Waals surface area contributed by atoms with Crippen molar-refractivity contribution < 1.29 is 4.42 Å². The van der Waals surface area contributed by atoms with Crippen molar-refractivity contribution in [3.05, 3.63) is 23.7 Å². The molecule has 1 aromatic heterocycles. The Morgan fingerprint density at radius 3 is 2.75 bits per heavy atom. The summed E-state index contributed by atoms with van der Waals surface area (Å²) in [5.74, 6) is 4.74. The molecule has 3 heteroatoms. The summed E-state index contributed by atoms with van der Waals surface area (Å²) in [4.78, 5) is 2.44. The van der Waals surface area contributed by atoms with Gasteiger partial charge in [-0.25, -0.2) is 0 Å². The second kappa shape index (κ2) is 6.31. The Balaban J connectivity index is 1.32. The van der Waals surface area contributed by atoms with Crippen LogP contribution in [0.4, 0.5) is 0 Å². The van der Waals surface area contributed by atoms with Gasteiger partial charge >= 0.3 is 0 Å². The lowest BCUT2D eigenvalue weighted by atomic mass is 9.94. The molecule has 112 valence electrons. The number of likely N-dealkylation sites (tertiary alicyclic amines) is 1. The molecule has 1 aliphatic heterocycles. The highest BCUT2D eigenvalue weighted by Crippen LogP contribution is 2.47. The number of hydrogen-bond acceptors (Lipinski definition) is 3. The first-order valence-corrected chi connectivity index (χ1v) is 8.20. The van der Waals surface area contributed by atoms with Crippen molar-refractivity contribution in [1.82, 2.24) is 10.2 Å². The average Bonchev–Trinajstić information content (AvgIpc) is 3.00. The van der Waals surface area contributed by atoms with E-state index in [1.807, 2.05) is 0 Å². The van der Waals surface area contributed by atoms with Crippen LogP contribution in [-0.2, 0) is 6.54 Å². The standard InChI is InChI=1S/C17H28N2O/c1-13-11-16(13)17-4-3-15(20-17)12-18-8-5-14-6-9-19(2)10-7-14/h3-4,13-14,16,18H,5-12H2,1-2H3. The van der Waals surface area contributed by atoms with E-state index in [0.717, 1.165) is 30.7 Å². The molecule has 1 saturated heterocycles. The molecule has 0 radical (unpaired) electrons. The van der Waals surface area contributed by atoms with E-state index in [1.54, 1.807) is 0 Å². The summed E-state index contributed by atoms with van der Waals surface area (Å²) >= 11 is 0. The van der Waals surface area contributed by atoms with Gasteiger partial charge in [-0.3, -0.25) is 0 Å². The van der Waals surface area contributed by atoms with E-state index in [-0.39, 0.29) is 0 Å². The van der Waals surface area contributed by atoms with Crippen LogP contribution in [0.1, 0.15) is 50.0 Å². The quantitative estimate of drug-likeness (QED) is 0.809. The number of rotatable bonds is 6. The fourth-order valence-corrected chi connectivity index (χ4v) is 3.28. The zero-order valence-corrected chi connectivity index (χ0v) is 12.9. The van der Waals surface area contributed by atoms with E-state index in [2.05, 4.69) is 36.3 Å². The summed E-state index contributed by atoms with van der Waals surface area (Å²) in [7, 11) is 2.23. The van der Waals surface area contributed by atoms with Crippen LogP contribution in [0.5, 0.6) is 0 Å². The van der Waals surface area contributed by atoms with Crippen LogP contribution in [0, 0.1) is 11.8 Å². The lowest BCUT2D eigenvalue weighted by Crippen LogP contribution is -2.31. The minimum atomic E-state index is 0.697. The summed E-state index contributed by atoms with van der Waals surface area (Å²) in [6.07, 6.45) is 5.34. The Morgan fingerprint density at radius 2 is 2.05 bits per heavy atom. The van der Waals surface area contributed by atoms with Crippen LogP contribution in [0.25, 0.3) is 0 Å². The van der Waals surface area contributed by atoms with Crippen molar-refractivity contribution >= 4 is 0 Å². The molecule has 0 spiro atoms. The van der Waals surface area contributed by atoms with Gasteiger partial charge in [0, 0.05) is 5.92 Å². The van der Waals surface area contributed by atoms with Gasteiger partial charge in [0.05, 0.1) is 6.54 Å². The fraction of sp³-hybridized carbons (Fsp3) is 0.765. The SMILES string of the molecule is CC1CC1c1ccc(CNCCC2CCN(C)CC2)o1. The van der Waals surface area contributed by atoms with Crippen molar-refractivity contribution in [2.75, 3.05) is 26.7 Å². The molecule has 1 aliphatic carbocycles. The number of nitrogens with one attached hydrogen (secondary N) is 1. The summed E-state index contributed by atoms with van der Waals surface area (Å²) < 4.78 is 5.91. The maximum atomic E-state index is 5.91. The normalized spacial score (nSPS) is 27.9. The van der Waals surface area contributed by atoms with Gasteiger partial charge in [0.15, 0.2) is 0 Å². The lowest BCUT2D eigenvalue weighted by Gasteiger charge is -2.28. The van der Waals surface area contributed by atoms with Crippen LogP contribution in [0.15, 0.2) is 16.5 Å². The minimum absolute atomic E-state index is 0.697. The first-order valence-electron chi connectivity index (χ1n) is 8.20. The zero-order valence-electron chi connectivity index (χ0n) is 12.9. The summed E-state index contributed by atoms with van der Waals surface area (Å²) in [6, 6.07) is 4.31. The second-order valence-electron chi connectivity index (χ2n) is 6.84. The van der Waals surface area contributed by atoms with Crippen molar-refractivity contribution in [3.63, 3.8) is 0 Å². The zero-order chi connectivity index (χ0) is 13.9. The highest BCUT2D eigenvalue weighted by atomic mass is 16.3. The Kier molecular flexibility index (Phi) is 4.47. The Morgan fingerprint density at radius 1 is 1.30 bits per heavy atom. The molecule has 0 amide bonds. The predicted molar refractivity (Wildman–Crippen MR) is 81.8 cm³/mol. The van der Waals surface area contributed by atoms with Gasteiger partial charge in [0.25, 0.3) is 0 Å². The molecule has 2 heterocycles. The third kappa shape index (κ3) is 3.64. The van der Waals surface area contributed by atoms with Crippen molar-refractivity contribution in [2.24, 2.45) is 11.8 Å². The third-order valence-corrected chi connectivity index (χ3v) is 5.02. The first kappa shape index (κ1) is 14.2. The molecule has 2 atom stereocenters. The first-order chi connectivity index (χ1) is 9.72. The van der Waals surface area contributed by atoms with Gasteiger partial charge in [-0.2, -0.15) is 0 Å². The van der Waals surface area contributed by atoms with E-state index < -0.39 is 0 Å². The van der Waals surface area contributed by atoms with Crippen molar-refractivity contribution in [2.45, 2.75) is 45.1 Å². The van der Waals surface area contributed by atoms with E-state index in [4.69, 9.17) is 4.42 Å². The van der Waals surface area contributed by atoms with Gasteiger partial charge in [0.2, 0.25) is 0 Å². The molecule has 0 aromatic carbocycles. The number of piperidine rings is 1. The van der Waals surface area contributed by atoms with Crippen LogP contribution in [0.3, 0.4) is 0 Å². The largest absolute Gasteiger partial charge is 0.464 e. The lowest BCUT2D eigenvalue weighted by molar-refractivity contribution is 0.211. The van der Waals surface area contributed by atoms with Crippen LogP contribution < -0.4 is 5.32 Å². The highest BCUT2D eigenvalue weighted by molar-refractivity contribution is 5.17. The Labute approximate surface area is 122 Å². The van der Waals surface area contributed by atoms with Gasteiger partial charge in [-0.15, -0.1) is 0 Å². The maximum Gasteiger partial charge on any atom is 0.117 e. The van der Waals surface area contributed by atoms with Crippen LogP contribution in [0.2, 0.25) is 0 Å². The molecule has 3 rings (SSSR count). The summed E-state index contributed by atoms with van der Waals surface area (Å²) in [5.41, 5.74) is 0. The van der Waals surface area contributed by atoms with E-state index >= 15 is 0 Å². The van der Waals surface area contributed by atoms with Gasteiger partial charge < -0.3 is 14.6 Å². The average molecular weight is 276 g/mol. The topological polar surface area (TPSA) is 28.4 Å². The van der Waals surface area contributed by atoms with Crippen molar-refractivity contribution in [1.29, 1.82) is 0 Å². The molecule has 1 N–H and O–H groups in total. The van der Waals surface area contributed by atoms with E-state index in [9.17, 15) is 0 Å².